The topological polar surface area (TPSA) is 61.4 Å². The second kappa shape index (κ2) is 6.23. The molecule has 0 aromatic heterocycles. The van der Waals surface area contributed by atoms with Gasteiger partial charge in [0.1, 0.15) is 0 Å². The van der Waals surface area contributed by atoms with Crippen molar-refractivity contribution in [2.24, 2.45) is 0 Å². The van der Waals surface area contributed by atoms with Crippen molar-refractivity contribution in [3.63, 3.8) is 0 Å². The normalized spacial score (nSPS) is 14.5. The van der Waals surface area contributed by atoms with Crippen molar-refractivity contribution >= 4 is 17.4 Å². The first-order chi connectivity index (χ1) is 9.56. The van der Waals surface area contributed by atoms with Gasteiger partial charge in [-0.05, 0) is 37.1 Å². The van der Waals surface area contributed by atoms with Crippen molar-refractivity contribution < 1.29 is 9.59 Å². The molecule has 0 saturated heterocycles. The van der Waals surface area contributed by atoms with Gasteiger partial charge in [0, 0.05) is 43.5 Å². The number of hydrazine groups is 1. The molecule has 1 aromatic rings. The van der Waals surface area contributed by atoms with Crippen LogP contribution in [-0.4, -0.2) is 25.8 Å². The second-order valence-electron chi connectivity index (χ2n) is 5.01. The van der Waals surface area contributed by atoms with Gasteiger partial charge in [0.15, 0.2) is 5.78 Å². The first kappa shape index (κ1) is 14.1. The van der Waals surface area contributed by atoms with Crippen LogP contribution < -0.4 is 15.8 Å². The van der Waals surface area contributed by atoms with E-state index in [1.807, 2.05) is 31.1 Å². The molecule has 106 valence electrons. The molecule has 0 unspecified atom stereocenters. The molecular formula is C15H19N3O2. The average molecular weight is 273 g/mol. The summed E-state index contributed by atoms with van der Waals surface area (Å²) in [6.07, 6.45) is 3.75. The minimum Gasteiger partial charge on any atom is -0.378 e. The van der Waals surface area contributed by atoms with Crippen molar-refractivity contribution in [3.05, 3.63) is 41.6 Å². The highest BCUT2D eigenvalue weighted by Gasteiger charge is 2.11. The van der Waals surface area contributed by atoms with E-state index in [1.54, 1.807) is 18.2 Å². The van der Waals surface area contributed by atoms with Crippen molar-refractivity contribution in [2.45, 2.75) is 19.3 Å². The van der Waals surface area contributed by atoms with Gasteiger partial charge in [0.05, 0.1) is 0 Å². The molecule has 5 heteroatoms. The molecule has 0 saturated carbocycles. The Kier molecular flexibility index (Phi) is 4.40. The molecule has 0 atom stereocenters. The number of hydrogen-bond donors (Lipinski definition) is 2. The molecule has 1 aliphatic carbocycles. The van der Waals surface area contributed by atoms with Gasteiger partial charge in [-0.1, -0.05) is 0 Å². The molecule has 2 rings (SSSR count). The van der Waals surface area contributed by atoms with Crippen molar-refractivity contribution in [1.29, 1.82) is 0 Å². The third-order valence-corrected chi connectivity index (χ3v) is 3.19. The Labute approximate surface area is 118 Å². The summed E-state index contributed by atoms with van der Waals surface area (Å²) in [6.45, 7) is 0. The summed E-state index contributed by atoms with van der Waals surface area (Å²) < 4.78 is 0. The Morgan fingerprint density at radius 1 is 1.15 bits per heavy atom. The van der Waals surface area contributed by atoms with Crippen LogP contribution in [0.3, 0.4) is 0 Å². The summed E-state index contributed by atoms with van der Waals surface area (Å²) in [5, 5.41) is 0. The number of ketones is 1. The van der Waals surface area contributed by atoms with E-state index in [1.165, 1.54) is 0 Å². The Morgan fingerprint density at radius 3 is 2.45 bits per heavy atom. The Bertz CT molecular complexity index is 533. The van der Waals surface area contributed by atoms with E-state index in [-0.39, 0.29) is 11.7 Å². The lowest BCUT2D eigenvalue weighted by Crippen LogP contribution is -2.37. The Hall–Kier alpha value is -2.30. The van der Waals surface area contributed by atoms with Crippen LogP contribution in [0.4, 0.5) is 5.69 Å². The van der Waals surface area contributed by atoms with Crippen LogP contribution in [-0.2, 0) is 4.79 Å². The molecule has 1 aliphatic rings. The van der Waals surface area contributed by atoms with Gasteiger partial charge in [-0.25, -0.2) is 0 Å². The zero-order valence-electron chi connectivity index (χ0n) is 11.8. The van der Waals surface area contributed by atoms with Gasteiger partial charge in [-0.15, -0.1) is 0 Å². The fourth-order valence-electron chi connectivity index (χ4n) is 2.01. The largest absolute Gasteiger partial charge is 0.378 e. The lowest BCUT2D eigenvalue weighted by molar-refractivity contribution is -0.115. The number of amides is 1. The molecule has 1 amide bonds. The Morgan fingerprint density at radius 2 is 1.85 bits per heavy atom. The molecule has 20 heavy (non-hydrogen) atoms. The van der Waals surface area contributed by atoms with Crippen LogP contribution in [0.25, 0.3) is 0 Å². The molecule has 0 aliphatic heterocycles. The summed E-state index contributed by atoms with van der Waals surface area (Å²) in [7, 11) is 3.90. The van der Waals surface area contributed by atoms with Gasteiger partial charge < -0.3 is 10.3 Å². The fraction of sp³-hybridized carbons (Fsp3) is 0.333. The van der Waals surface area contributed by atoms with Gasteiger partial charge >= 0.3 is 0 Å². The van der Waals surface area contributed by atoms with E-state index >= 15 is 0 Å². The monoisotopic (exact) mass is 273 g/mol. The van der Waals surface area contributed by atoms with E-state index in [0.717, 1.165) is 24.2 Å². The average Bonchev–Trinajstić information content (AvgIpc) is 2.45. The van der Waals surface area contributed by atoms with Crippen LogP contribution >= 0.6 is 0 Å². The summed E-state index contributed by atoms with van der Waals surface area (Å²) in [5.74, 6) is -0.113. The molecule has 5 nitrogen and oxygen atoms in total. The van der Waals surface area contributed by atoms with Gasteiger partial charge in [-0.2, -0.15) is 0 Å². The molecule has 0 heterocycles. The first-order valence-corrected chi connectivity index (χ1v) is 6.63. The van der Waals surface area contributed by atoms with E-state index in [2.05, 4.69) is 10.9 Å². The predicted octanol–water partition coefficient (Wildman–Crippen LogP) is 1.62. The maximum Gasteiger partial charge on any atom is 0.269 e. The van der Waals surface area contributed by atoms with Crippen molar-refractivity contribution in [3.8, 4) is 0 Å². The van der Waals surface area contributed by atoms with Gasteiger partial charge in [0.2, 0.25) is 0 Å². The van der Waals surface area contributed by atoms with Crippen LogP contribution in [0, 0.1) is 0 Å². The first-order valence-electron chi connectivity index (χ1n) is 6.63. The minimum absolute atomic E-state index is 0.100. The summed E-state index contributed by atoms with van der Waals surface area (Å²) >= 11 is 0. The molecule has 0 fully saturated rings. The van der Waals surface area contributed by atoms with Crippen LogP contribution in [0.5, 0.6) is 0 Å². The number of hydrogen-bond acceptors (Lipinski definition) is 4. The van der Waals surface area contributed by atoms with Crippen LogP contribution in [0.1, 0.15) is 29.6 Å². The molecule has 0 radical (unpaired) electrons. The van der Waals surface area contributed by atoms with E-state index < -0.39 is 0 Å². The lowest BCUT2D eigenvalue weighted by Gasteiger charge is -2.16. The summed E-state index contributed by atoms with van der Waals surface area (Å²) in [6, 6.07) is 7.32. The number of carbonyl (C=O) groups excluding carboxylic acids is 2. The molecule has 2 N–H and O–H groups in total. The van der Waals surface area contributed by atoms with Gasteiger partial charge in [0.25, 0.3) is 5.91 Å². The lowest BCUT2D eigenvalue weighted by atomic mass is 10.0. The third kappa shape index (κ3) is 3.60. The maximum atomic E-state index is 12.0. The molecule has 1 aromatic carbocycles. The highest BCUT2D eigenvalue weighted by atomic mass is 16.2. The quantitative estimate of drug-likeness (QED) is 0.818. The number of benzene rings is 1. The number of nitrogens with zero attached hydrogens (tertiary/aromatic N) is 1. The standard InChI is InChI=1S/C15H19N3O2/c1-18(2)13-8-6-11(7-9-13)15(20)17-16-12-4-3-5-14(19)10-12/h6-10,16H,3-5H2,1-2H3,(H,17,20). The molecule has 0 spiro atoms. The highest BCUT2D eigenvalue weighted by Crippen LogP contribution is 2.13. The zero-order chi connectivity index (χ0) is 14.5. The molecular weight excluding hydrogens is 254 g/mol. The van der Waals surface area contributed by atoms with E-state index in [0.29, 0.717) is 12.0 Å². The second-order valence-corrected chi connectivity index (χ2v) is 5.01. The number of anilines is 1. The van der Waals surface area contributed by atoms with Crippen molar-refractivity contribution in [1.82, 2.24) is 10.9 Å². The fourth-order valence-corrected chi connectivity index (χ4v) is 2.01. The number of allylic oxidation sites excluding steroid dienone is 2. The zero-order valence-corrected chi connectivity index (χ0v) is 11.8. The Balaban J connectivity index is 1.93. The summed E-state index contributed by atoms with van der Waals surface area (Å²) in [4.78, 5) is 25.2. The third-order valence-electron chi connectivity index (χ3n) is 3.19. The number of rotatable bonds is 4. The highest BCUT2D eigenvalue weighted by molar-refractivity contribution is 5.94. The van der Waals surface area contributed by atoms with E-state index in [9.17, 15) is 9.59 Å². The SMILES string of the molecule is CN(C)c1ccc(C(=O)NNC2=CC(=O)CCC2)cc1. The maximum absolute atomic E-state index is 12.0. The number of nitrogens with one attached hydrogen (secondary N) is 2. The smallest absolute Gasteiger partial charge is 0.269 e. The van der Waals surface area contributed by atoms with E-state index in [4.69, 9.17) is 0 Å². The number of carbonyl (C=O) groups is 2. The van der Waals surface area contributed by atoms with Crippen LogP contribution in [0.15, 0.2) is 36.0 Å². The minimum atomic E-state index is -0.214. The van der Waals surface area contributed by atoms with Gasteiger partial charge in [-0.3, -0.25) is 15.0 Å². The van der Waals surface area contributed by atoms with Crippen LogP contribution in [0.2, 0.25) is 0 Å². The molecule has 0 bridgehead atoms. The summed E-state index contributed by atoms with van der Waals surface area (Å²) in [5.41, 5.74) is 7.81. The van der Waals surface area contributed by atoms with Crippen molar-refractivity contribution in [2.75, 3.05) is 19.0 Å². The predicted molar refractivity (Wildman–Crippen MR) is 78.3 cm³/mol.